The molecule has 112 valence electrons. The van der Waals surface area contributed by atoms with Gasteiger partial charge in [-0.2, -0.15) is 0 Å². The first-order chi connectivity index (χ1) is 8.78. The molecule has 1 unspecified atom stereocenters. The molecule has 2 atom stereocenters. The molecule has 1 rings (SSSR count). The first kappa shape index (κ1) is 16.4. The van der Waals surface area contributed by atoms with Crippen LogP contribution in [0.15, 0.2) is 0 Å². The summed E-state index contributed by atoms with van der Waals surface area (Å²) in [4.78, 5) is 14.1. The Balaban J connectivity index is 2.80. The topological polar surface area (TPSA) is 80.5 Å². The minimum atomic E-state index is -2.98. The first-order valence-electron chi connectivity index (χ1n) is 7.05. The molecule has 0 spiro atoms. The molecule has 0 aromatic rings. The van der Waals surface area contributed by atoms with Gasteiger partial charge < -0.3 is 10.6 Å². The normalized spacial score (nSPS) is 23.5. The molecule has 0 aliphatic carbocycles. The van der Waals surface area contributed by atoms with E-state index in [1.165, 1.54) is 0 Å². The second-order valence-electron chi connectivity index (χ2n) is 5.71. The van der Waals surface area contributed by atoms with Crippen molar-refractivity contribution < 1.29 is 13.2 Å². The van der Waals surface area contributed by atoms with Crippen LogP contribution in [0.4, 0.5) is 0 Å². The van der Waals surface area contributed by atoms with E-state index in [1.807, 2.05) is 13.8 Å². The highest BCUT2D eigenvalue weighted by atomic mass is 32.2. The van der Waals surface area contributed by atoms with Gasteiger partial charge in [0, 0.05) is 12.6 Å². The van der Waals surface area contributed by atoms with E-state index in [0.29, 0.717) is 13.0 Å². The van der Waals surface area contributed by atoms with Gasteiger partial charge >= 0.3 is 0 Å². The summed E-state index contributed by atoms with van der Waals surface area (Å²) < 4.78 is 23.2. The van der Waals surface area contributed by atoms with Crippen LogP contribution in [0.25, 0.3) is 0 Å². The van der Waals surface area contributed by atoms with Crippen LogP contribution in [-0.2, 0) is 14.6 Å². The van der Waals surface area contributed by atoms with Gasteiger partial charge in [0.15, 0.2) is 9.84 Å². The fourth-order valence-electron chi connectivity index (χ4n) is 2.30. The van der Waals surface area contributed by atoms with E-state index >= 15 is 0 Å². The summed E-state index contributed by atoms with van der Waals surface area (Å²) in [6.45, 7) is 6.48. The van der Waals surface area contributed by atoms with Gasteiger partial charge in [-0.3, -0.25) is 4.79 Å². The van der Waals surface area contributed by atoms with E-state index in [0.717, 1.165) is 12.8 Å². The largest absolute Gasteiger partial charge is 0.337 e. The summed E-state index contributed by atoms with van der Waals surface area (Å²) in [6, 6.07) is -0.728. The maximum absolute atomic E-state index is 12.4. The molecule has 19 heavy (non-hydrogen) atoms. The lowest BCUT2D eigenvalue weighted by Crippen LogP contribution is -2.51. The van der Waals surface area contributed by atoms with Crippen LogP contribution in [0.1, 0.15) is 40.0 Å². The Labute approximate surface area is 116 Å². The van der Waals surface area contributed by atoms with E-state index in [4.69, 9.17) is 5.73 Å². The van der Waals surface area contributed by atoms with Gasteiger partial charge in [0.05, 0.1) is 17.5 Å². The Morgan fingerprint density at radius 3 is 2.47 bits per heavy atom. The number of sulfone groups is 1. The minimum Gasteiger partial charge on any atom is -0.337 e. The number of amides is 1. The second-order valence-corrected chi connectivity index (χ2v) is 7.94. The Morgan fingerprint density at radius 1 is 1.42 bits per heavy atom. The molecular formula is C13H26N2O3S. The summed E-state index contributed by atoms with van der Waals surface area (Å²) in [5.41, 5.74) is 5.93. The summed E-state index contributed by atoms with van der Waals surface area (Å²) in [5, 5.41) is 0. The number of nitrogens with two attached hydrogens (primary N) is 1. The van der Waals surface area contributed by atoms with E-state index in [-0.39, 0.29) is 29.4 Å². The van der Waals surface area contributed by atoms with Crippen LogP contribution in [0.3, 0.4) is 0 Å². The van der Waals surface area contributed by atoms with Gasteiger partial charge in [-0.15, -0.1) is 0 Å². The summed E-state index contributed by atoms with van der Waals surface area (Å²) in [7, 11) is -2.98. The smallest absolute Gasteiger partial charge is 0.240 e. The summed E-state index contributed by atoms with van der Waals surface area (Å²) in [6.07, 6.45) is 2.40. The maximum atomic E-state index is 12.4. The molecule has 0 radical (unpaired) electrons. The zero-order chi connectivity index (χ0) is 14.6. The van der Waals surface area contributed by atoms with Crippen LogP contribution >= 0.6 is 0 Å². The van der Waals surface area contributed by atoms with Crippen LogP contribution in [0.2, 0.25) is 0 Å². The van der Waals surface area contributed by atoms with E-state index < -0.39 is 15.9 Å². The van der Waals surface area contributed by atoms with Crippen LogP contribution in [0, 0.1) is 5.92 Å². The van der Waals surface area contributed by atoms with Gasteiger partial charge in [-0.25, -0.2) is 8.42 Å². The SMILES string of the molecule is CCCCN(C(=O)[C@@H](N)C(C)C)C1CCS(=O)(=O)C1. The quantitative estimate of drug-likeness (QED) is 0.784. The van der Waals surface area contributed by atoms with E-state index in [1.54, 1.807) is 4.90 Å². The third kappa shape index (κ3) is 4.45. The summed E-state index contributed by atoms with van der Waals surface area (Å²) in [5.74, 6) is 0.234. The molecule has 0 aromatic carbocycles. The fourth-order valence-corrected chi connectivity index (χ4v) is 4.03. The monoisotopic (exact) mass is 290 g/mol. The van der Waals surface area contributed by atoms with Crippen LogP contribution < -0.4 is 5.73 Å². The van der Waals surface area contributed by atoms with Crippen LogP contribution in [-0.4, -0.2) is 49.4 Å². The molecule has 1 amide bonds. The highest BCUT2D eigenvalue weighted by Crippen LogP contribution is 2.20. The molecule has 6 heteroatoms. The van der Waals surface area contributed by atoms with Crippen molar-refractivity contribution in [2.24, 2.45) is 11.7 Å². The molecule has 0 bridgehead atoms. The number of carbonyl (C=O) groups excluding carboxylic acids is 1. The highest BCUT2D eigenvalue weighted by molar-refractivity contribution is 7.91. The van der Waals surface area contributed by atoms with Crippen molar-refractivity contribution in [3.05, 3.63) is 0 Å². The van der Waals surface area contributed by atoms with Gasteiger partial charge in [0.1, 0.15) is 0 Å². The van der Waals surface area contributed by atoms with Gasteiger partial charge in [0.25, 0.3) is 0 Å². The lowest BCUT2D eigenvalue weighted by Gasteiger charge is -2.31. The number of hydrogen-bond acceptors (Lipinski definition) is 4. The first-order valence-corrected chi connectivity index (χ1v) is 8.87. The number of unbranched alkanes of at least 4 members (excludes halogenated alkanes) is 1. The van der Waals surface area contributed by atoms with Crippen molar-refractivity contribution in [2.75, 3.05) is 18.1 Å². The number of nitrogens with zero attached hydrogens (tertiary/aromatic N) is 1. The molecule has 0 aromatic heterocycles. The lowest BCUT2D eigenvalue weighted by molar-refractivity contribution is -0.135. The Hall–Kier alpha value is -0.620. The van der Waals surface area contributed by atoms with Crippen molar-refractivity contribution >= 4 is 15.7 Å². The van der Waals surface area contributed by atoms with Gasteiger partial charge in [-0.1, -0.05) is 27.2 Å². The molecule has 0 saturated carbocycles. The molecule has 1 fully saturated rings. The fraction of sp³-hybridized carbons (Fsp3) is 0.923. The van der Waals surface area contributed by atoms with Crippen molar-refractivity contribution in [2.45, 2.75) is 52.1 Å². The minimum absolute atomic E-state index is 0.0645. The Morgan fingerprint density at radius 2 is 2.05 bits per heavy atom. The number of carbonyl (C=O) groups is 1. The molecule has 1 heterocycles. The van der Waals surface area contributed by atoms with E-state index in [2.05, 4.69) is 6.92 Å². The molecule has 5 nitrogen and oxygen atoms in total. The average molecular weight is 290 g/mol. The zero-order valence-electron chi connectivity index (χ0n) is 12.1. The predicted octanol–water partition coefficient (Wildman–Crippen LogP) is 0.786. The van der Waals surface area contributed by atoms with Crippen molar-refractivity contribution in [1.29, 1.82) is 0 Å². The standard InChI is InChI=1S/C13H26N2O3S/c1-4-5-7-15(13(16)12(14)10(2)3)11-6-8-19(17,18)9-11/h10-12H,4-9,14H2,1-3H3/t11?,12-/m0/s1. The third-order valence-corrected chi connectivity index (χ3v) is 5.44. The Kier molecular flexibility index (Phi) is 5.80. The van der Waals surface area contributed by atoms with Crippen molar-refractivity contribution in [3.63, 3.8) is 0 Å². The highest BCUT2D eigenvalue weighted by Gasteiger charge is 2.36. The molecule has 1 aliphatic rings. The maximum Gasteiger partial charge on any atom is 0.240 e. The molecule has 1 saturated heterocycles. The predicted molar refractivity (Wildman–Crippen MR) is 76.5 cm³/mol. The third-order valence-electron chi connectivity index (χ3n) is 3.69. The zero-order valence-corrected chi connectivity index (χ0v) is 12.9. The Bertz CT molecular complexity index is 406. The lowest BCUT2D eigenvalue weighted by atomic mass is 10.0. The summed E-state index contributed by atoms with van der Waals surface area (Å²) >= 11 is 0. The number of hydrogen-bond donors (Lipinski definition) is 1. The van der Waals surface area contributed by atoms with E-state index in [9.17, 15) is 13.2 Å². The molecular weight excluding hydrogens is 264 g/mol. The van der Waals surface area contributed by atoms with Crippen molar-refractivity contribution in [1.82, 2.24) is 4.90 Å². The van der Waals surface area contributed by atoms with Gasteiger partial charge in [0.2, 0.25) is 5.91 Å². The van der Waals surface area contributed by atoms with Gasteiger partial charge in [-0.05, 0) is 18.8 Å². The average Bonchev–Trinajstić information content (AvgIpc) is 2.68. The molecule has 2 N–H and O–H groups in total. The second kappa shape index (κ2) is 6.70. The number of rotatable bonds is 6. The molecule has 1 aliphatic heterocycles. The van der Waals surface area contributed by atoms with Crippen LogP contribution in [0.5, 0.6) is 0 Å². The van der Waals surface area contributed by atoms with Crippen molar-refractivity contribution in [3.8, 4) is 0 Å².